The molecule has 0 spiro atoms. The predicted molar refractivity (Wildman–Crippen MR) is 70.6 cm³/mol. The van der Waals surface area contributed by atoms with Gasteiger partial charge in [0.15, 0.2) is 0 Å². The van der Waals surface area contributed by atoms with Crippen molar-refractivity contribution in [3.05, 3.63) is 23.9 Å². The summed E-state index contributed by atoms with van der Waals surface area (Å²) in [6.07, 6.45) is 2.39. The first-order valence-electron chi connectivity index (χ1n) is 5.31. The molecule has 1 heterocycles. The monoisotopic (exact) mass is 267 g/mol. The van der Waals surface area contributed by atoms with Gasteiger partial charge >= 0.3 is 6.03 Å². The quantitative estimate of drug-likeness (QED) is 0.613. The standard InChI is InChI=1S/C10H13N5O2S/c1-2-6-3-4-7-5-12-14-9(7)8(6)13-10(16)15-18(11)17/h3-5,18H,2H2,1H3,(H,12,14)(H3,11,13,15,16,17). The maximum atomic E-state index is 11.5. The van der Waals surface area contributed by atoms with Crippen molar-refractivity contribution in [1.29, 1.82) is 0 Å². The van der Waals surface area contributed by atoms with E-state index in [1.165, 1.54) is 0 Å². The molecule has 0 aliphatic heterocycles. The van der Waals surface area contributed by atoms with Crippen LogP contribution in [0.2, 0.25) is 0 Å². The molecule has 1 aromatic heterocycles. The number of H-pyrrole nitrogens is 1. The van der Waals surface area contributed by atoms with Crippen LogP contribution in [0.4, 0.5) is 10.5 Å². The Hall–Kier alpha value is -1.93. The minimum absolute atomic E-state index is 0.595. The number of aromatic amines is 1. The molecule has 1 aromatic carbocycles. The zero-order chi connectivity index (χ0) is 13.1. The molecule has 8 heteroatoms. The number of nitrogens with zero attached hydrogens (tertiary/aromatic N) is 2. The van der Waals surface area contributed by atoms with E-state index in [4.69, 9.17) is 5.14 Å². The van der Waals surface area contributed by atoms with E-state index >= 15 is 0 Å². The van der Waals surface area contributed by atoms with Crippen molar-refractivity contribution in [3.63, 3.8) is 0 Å². The van der Waals surface area contributed by atoms with Crippen molar-refractivity contribution in [2.75, 3.05) is 5.32 Å². The van der Waals surface area contributed by atoms with E-state index in [9.17, 15) is 9.00 Å². The number of anilines is 1. The number of hydrogen-bond donors (Lipinski definition) is 4. The second-order valence-corrected chi connectivity index (χ2v) is 4.43. The number of carbonyl (C=O) groups excluding carboxylic acids is 1. The van der Waals surface area contributed by atoms with E-state index in [0.29, 0.717) is 11.2 Å². The number of amides is 2. The van der Waals surface area contributed by atoms with Gasteiger partial charge in [-0.15, -0.1) is 4.36 Å². The summed E-state index contributed by atoms with van der Waals surface area (Å²) in [6, 6.07) is 3.08. The molecule has 1 atom stereocenters. The number of hydrogen-bond acceptors (Lipinski definition) is 3. The van der Waals surface area contributed by atoms with Crippen molar-refractivity contribution in [2.45, 2.75) is 13.3 Å². The average molecular weight is 267 g/mol. The van der Waals surface area contributed by atoms with Gasteiger partial charge in [0.25, 0.3) is 0 Å². The van der Waals surface area contributed by atoms with Gasteiger partial charge in [-0.2, -0.15) is 5.10 Å². The van der Waals surface area contributed by atoms with Gasteiger partial charge in [-0.25, -0.2) is 14.1 Å². The minimum atomic E-state index is -2.34. The lowest BCUT2D eigenvalue weighted by Gasteiger charge is -2.08. The zero-order valence-corrected chi connectivity index (χ0v) is 10.6. The van der Waals surface area contributed by atoms with Crippen molar-refractivity contribution in [1.82, 2.24) is 10.2 Å². The van der Waals surface area contributed by atoms with Gasteiger partial charge in [-0.3, -0.25) is 5.10 Å². The van der Waals surface area contributed by atoms with Crippen LogP contribution < -0.4 is 10.5 Å². The fourth-order valence-corrected chi connectivity index (χ4v) is 1.94. The lowest BCUT2D eigenvalue weighted by atomic mass is 10.1. The van der Waals surface area contributed by atoms with Crippen LogP contribution in [0.25, 0.3) is 10.9 Å². The van der Waals surface area contributed by atoms with Crippen LogP contribution >= 0.6 is 0 Å². The van der Waals surface area contributed by atoms with Crippen LogP contribution in [0, 0.1) is 0 Å². The predicted octanol–water partition coefficient (Wildman–Crippen LogP) is 1.20. The van der Waals surface area contributed by atoms with Crippen LogP contribution in [0.3, 0.4) is 0 Å². The van der Waals surface area contributed by atoms with Crippen molar-refractivity contribution in [2.24, 2.45) is 9.50 Å². The van der Waals surface area contributed by atoms with Gasteiger partial charge in [0.05, 0.1) is 17.4 Å². The molecule has 1 unspecified atom stereocenters. The van der Waals surface area contributed by atoms with Crippen molar-refractivity contribution < 1.29 is 9.00 Å². The van der Waals surface area contributed by atoms with Crippen molar-refractivity contribution >= 4 is 33.4 Å². The molecule has 0 radical (unpaired) electrons. The van der Waals surface area contributed by atoms with E-state index in [1.807, 2.05) is 19.1 Å². The fourth-order valence-electron chi connectivity index (χ4n) is 1.72. The van der Waals surface area contributed by atoms with Gasteiger partial charge in [0.2, 0.25) is 0 Å². The molecular weight excluding hydrogens is 254 g/mol. The molecular formula is C10H13N5O2S. The number of rotatable bonds is 2. The number of nitrogens with one attached hydrogen (secondary N) is 2. The number of aromatic nitrogens is 2. The molecule has 0 saturated carbocycles. The first-order valence-corrected chi connectivity index (χ1v) is 6.59. The maximum absolute atomic E-state index is 11.5. The molecule has 7 nitrogen and oxygen atoms in total. The summed E-state index contributed by atoms with van der Waals surface area (Å²) in [4.78, 5) is 11.5. The molecule has 0 bridgehead atoms. The third-order valence-corrected chi connectivity index (χ3v) is 2.88. The minimum Gasteiger partial charge on any atom is -0.303 e. The zero-order valence-electron chi connectivity index (χ0n) is 9.67. The maximum Gasteiger partial charge on any atom is 0.354 e. The molecule has 18 heavy (non-hydrogen) atoms. The largest absolute Gasteiger partial charge is 0.354 e. The summed E-state index contributed by atoms with van der Waals surface area (Å²) < 4.78 is 13.9. The van der Waals surface area contributed by atoms with E-state index in [0.717, 1.165) is 17.4 Å². The molecule has 0 fully saturated rings. The molecule has 0 aliphatic rings. The van der Waals surface area contributed by atoms with E-state index in [-0.39, 0.29) is 0 Å². The van der Waals surface area contributed by atoms with Gasteiger partial charge in [0, 0.05) is 5.39 Å². The first-order chi connectivity index (χ1) is 8.61. The highest BCUT2D eigenvalue weighted by molar-refractivity contribution is 7.72. The average Bonchev–Trinajstić information content (AvgIpc) is 2.76. The Labute approximate surface area is 105 Å². The lowest BCUT2D eigenvalue weighted by molar-refractivity contribution is 0.260. The van der Waals surface area contributed by atoms with Crippen LogP contribution in [0.1, 0.15) is 12.5 Å². The van der Waals surface area contributed by atoms with Crippen LogP contribution in [0.5, 0.6) is 0 Å². The highest BCUT2D eigenvalue weighted by Gasteiger charge is 2.10. The number of fused-ring (bicyclic) bond motifs is 1. The number of carbonyl (C=O) groups is 1. The Morgan fingerprint density at radius 3 is 3.06 bits per heavy atom. The Morgan fingerprint density at radius 2 is 2.39 bits per heavy atom. The number of benzene rings is 1. The molecule has 4 N–H and O–H groups in total. The summed E-state index contributed by atoms with van der Waals surface area (Å²) in [5.74, 6) is 0. The summed E-state index contributed by atoms with van der Waals surface area (Å²) in [5, 5.41) is 15.2. The summed E-state index contributed by atoms with van der Waals surface area (Å²) in [7, 11) is -2.34. The second kappa shape index (κ2) is 5.15. The van der Waals surface area contributed by atoms with Gasteiger partial charge in [-0.1, -0.05) is 19.1 Å². The molecule has 2 amide bonds. The highest BCUT2D eigenvalue weighted by atomic mass is 32.2. The molecule has 2 aromatic rings. The Balaban J connectivity index is 2.47. The number of nitrogens with two attached hydrogens (primary N) is 1. The third kappa shape index (κ3) is 2.49. The Kier molecular flexibility index (Phi) is 3.58. The summed E-state index contributed by atoms with van der Waals surface area (Å²) >= 11 is 0. The normalized spacial score (nSPS) is 12.8. The smallest absolute Gasteiger partial charge is 0.303 e. The fraction of sp³-hybridized carbons (Fsp3) is 0.200. The van der Waals surface area contributed by atoms with Crippen LogP contribution in [-0.4, -0.2) is 20.4 Å². The molecule has 0 aliphatic carbocycles. The topological polar surface area (TPSA) is 113 Å². The van der Waals surface area contributed by atoms with Gasteiger partial charge < -0.3 is 5.32 Å². The lowest BCUT2D eigenvalue weighted by Crippen LogP contribution is -2.10. The molecule has 2 rings (SSSR count). The van der Waals surface area contributed by atoms with E-state index in [1.54, 1.807) is 6.20 Å². The third-order valence-electron chi connectivity index (χ3n) is 2.51. The van der Waals surface area contributed by atoms with Crippen molar-refractivity contribution in [3.8, 4) is 0 Å². The van der Waals surface area contributed by atoms with Crippen LogP contribution in [0.15, 0.2) is 22.7 Å². The number of thiol groups is 1. The first kappa shape index (κ1) is 12.5. The second-order valence-electron chi connectivity index (χ2n) is 3.62. The highest BCUT2D eigenvalue weighted by Crippen LogP contribution is 2.26. The van der Waals surface area contributed by atoms with Gasteiger partial charge in [-0.05, 0) is 12.0 Å². The molecule has 0 saturated heterocycles. The van der Waals surface area contributed by atoms with E-state index in [2.05, 4.69) is 19.9 Å². The van der Waals surface area contributed by atoms with E-state index < -0.39 is 16.8 Å². The number of aryl methyl sites for hydroxylation is 1. The Morgan fingerprint density at radius 1 is 1.61 bits per heavy atom. The Bertz CT molecular complexity index is 672. The summed E-state index contributed by atoms with van der Waals surface area (Å²) in [5.41, 5.74) is 2.24. The number of urea groups is 1. The summed E-state index contributed by atoms with van der Waals surface area (Å²) in [6.45, 7) is 1.97. The van der Waals surface area contributed by atoms with Crippen LogP contribution in [-0.2, 0) is 17.2 Å². The SMILES string of the molecule is CCc1ccc2cn[nH]c2c1NC(=O)/N=[SH](\N)=O. The molecule has 96 valence electrons. The van der Waals surface area contributed by atoms with Gasteiger partial charge in [0.1, 0.15) is 10.8 Å².